The molecule has 5 heteroatoms. The van der Waals surface area contributed by atoms with Crippen molar-refractivity contribution in [1.29, 1.82) is 0 Å². The van der Waals surface area contributed by atoms with Gasteiger partial charge in [-0.25, -0.2) is 8.78 Å². The second-order valence-electron chi connectivity index (χ2n) is 6.83. The summed E-state index contributed by atoms with van der Waals surface area (Å²) in [4.78, 5) is 16.6. The predicted octanol–water partition coefficient (Wildman–Crippen LogP) is 3.55. The van der Waals surface area contributed by atoms with Crippen LogP contribution in [0.2, 0.25) is 0 Å². The Labute approximate surface area is 153 Å². The maximum Gasteiger partial charge on any atom is 0.222 e. The summed E-state index contributed by atoms with van der Waals surface area (Å²) in [6.45, 7) is 6.15. The summed E-state index contributed by atoms with van der Waals surface area (Å²) in [5.41, 5.74) is 3.26. The highest BCUT2D eigenvalue weighted by Gasteiger charge is 2.21. The van der Waals surface area contributed by atoms with Crippen molar-refractivity contribution in [2.24, 2.45) is 0 Å². The van der Waals surface area contributed by atoms with Crippen LogP contribution < -0.4 is 0 Å². The van der Waals surface area contributed by atoms with E-state index in [-0.39, 0.29) is 5.91 Å². The third kappa shape index (κ3) is 4.67. The molecule has 2 aromatic rings. The Morgan fingerprint density at radius 3 is 2.42 bits per heavy atom. The van der Waals surface area contributed by atoms with E-state index in [4.69, 9.17) is 0 Å². The van der Waals surface area contributed by atoms with E-state index in [9.17, 15) is 13.6 Å². The third-order valence-electron chi connectivity index (χ3n) is 4.99. The van der Waals surface area contributed by atoms with Crippen LogP contribution in [0.1, 0.15) is 23.1 Å². The zero-order chi connectivity index (χ0) is 18.5. The largest absolute Gasteiger partial charge is 0.340 e. The quantitative estimate of drug-likeness (QED) is 0.816. The van der Waals surface area contributed by atoms with E-state index in [1.165, 1.54) is 23.3 Å². The number of carbonyl (C=O) groups excluding carboxylic acids is 1. The highest BCUT2D eigenvalue weighted by Crippen LogP contribution is 2.14. The molecule has 0 atom stereocenters. The van der Waals surface area contributed by atoms with Gasteiger partial charge in [0.25, 0.3) is 0 Å². The average Bonchev–Trinajstić information content (AvgIpc) is 2.65. The molecule has 0 aromatic heterocycles. The molecule has 0 radical (unpaired) electrons. The van der Waals surface area contributed by atoms with Gasteiger partial charge in [-0.05, 0) is 42.2 Å². The first kappa shape index (κ1) is 18.5. The molecule has 0 unspecified atom stereocenters. The van der Waals surface area contributed by atoms with Crippen molar-refractivity contribution in [1.82, 2.24) is 9.80 Å². The fourth-order valence-electron chi connectivity index (χ4n) is 3.29. The van der Waals surface area contributed by atoms with Gasteiger partial charge in [-0.3, -0.25) is 9.69 Å². The number of hydrogen-bond acceptors (Lipinski definition) is 2. The number of halogens is 2. The van der Waals surface area contributed by atoms with Crippen molar-refractivity contribution in [3.8, 4) is 0 Å². The van der Waals surface area contributed by atoms with Crippen molar-refractivity contribution in [2.75, 3.05) is 26.2 Å². The van der Waals surface area contributed by atoms with E-state index in [2.05, 4.69) is 30.0 Å². The number of hydrogen-bond donors (Lipinski definition) is 0. The van der Waals surface area contributed by atoms with Crippen LogP contribution in [0.25, 0.3) is 0 Å². The molecule has 2 aromatic carbocycles. The van der Waals surface area contributed by atoms with Crippen LogP contribution in [0.5, 0.6) is 0 Å². The molecule has 26 heavy (non-hydrogen) atoms. The van der Waals surface area contributed by atoms with E-state index >= 15 is 0 Å². The highest BCUT2D eigenvalue weighted by molar-refractivity contribution is 5.76. The minimum atomic E-state index is -0.861. The maximum absolute atomic E-state index is 13.2. The lowest BCUT2D eigenvalue weighted by Gasteiger charge is -2.35. The van der Waals surface area contributed by atoms with Crippen LogP contribution >= 0.6 is 0 Å². The number of carbonyl (C=O) groups is 1. The summed E-state index contributed by atoms with van der Waals surface area (Å²) < 4.78 is 26.2. The Morgan fingerprint density at radius 1 is 1.00 bits per heavy atom. The molecule has 1 fully saturated rings. The molecule has 0 aliphatic carbocycles. The fourth-order valence-corrected chi connectivity index (χ4v) is 3.29. The molecule has 0 N–H and O–H groups in total. The lowest BCUT2D eigenvalue weighted by molar-refractivity contribution is -0.133. The number of nitrogens with zero attached hydrogens (tertiary/aromatic N) is 2. The minimum absolute atomic E-state index is 0.0743. The summed E-state index contributed by atoms with van der Waals surface area (Å²) in [5, 5.41) is 0. The van der Waals surface area contributed by atoms with Crippen molar-refractivity contribution >= 4 is 5.91 Å². The van der Waals surface area contributed by atoms with Crippen LogP contribution in [-0.4, -0.2) is 41.9 Å². The van der Waals surface area contributed by atoms with E-state index in [1.807, 2.05) is 11.0 Å². The third-order valence-corrected chi connectivity index (χ3v) is 4.99. The molecule has 1 aliphatic heterocycles. The second kappa shape index (κ2) is 8.41. The summed E-state index contributed by atoms with van der Waals surface area (Å²) in [5.74, 6) is -1.64. The van der Waals surface area contributed by atoms with Crippen molar-refractivity contribution in [3.63, 3.8) is 0 Å². The first-order valence-corrected chi connectivity index (χ1v) is 9.01. The minimum Gasteiger partial charge on any atom is -0.340 e. The molecule has 1 heterocycles. The van der Waals surface area contributed by atoms with Gasteiger partial charge in [0.05, 0.1) is 0 Å². The van der Waals surface area contributed by atoms with Gasteiger partial charge in [0, 0.05) is 39.1 Å². The molecule has 1 amide bonds. The van der Waals surface area contributed by atoms with Gasteiger partial charge < -0.3 is 4.90 Å². The molecular formula is C21H24F2N2O. The Balaban J connectivity index is 1.46. The Bertz CT molecular complexity index is 770. The lowest BCUT2D eigenvalue weighted by atomic mass is 10.1. The van der Waals surface area contributed by atoms with Crippen LogP contribution in [0.3, 0.4) is 0 Å². The monoisotopic (exact) mass is 358 g/mol. The SMILES string of the molecule is Cc1ccccc1CN1CCN(C(=O)CCc2ccc(F)c(F)c2)CC1. The second-order valence-corrected chi connectivity index (χ2v) is 6.83. The molecule has 0 spiro atoms. The zero-order valence-electron chi connectivity index (χ0n) is 15.0. The summed E-state index contributed by atoms with van der Waals surface area (Å²) in [6, 6.07) is 12.2. The summed E-state index contributed by atoms with van der Waals surface area (Å²) >= 11 is 0. The Hall–Kier alpha value is -2.27. The molecule has 1 aliphatic rings. The molecule has 0 bridgehead atoms. The Kier molecular flexibility index (Phi) is 5.99. The van der Waals surface area contributed by atoms with Gasteiger partial charge in [0.1, 0.15) is 0 Å². The zero-order valence-corrected chi connectivity index (χ0v) is 15.0. The summed E-state index contributed by atoms with van der Waals surface area (Å²) in [7, 11) is 0. The van der Waals surface area contributed by atoms with Crippen LogP contribution in [0.15, 0.2) is 42.5 Å². The number of aryl methyl sites for hydroxylation is 2. The molecule has 3 nitrogen and oxygen atoms in total. The van der Waals surface area contributed by atoms with E-state index in [0.717, 1.165) is 25.7 Å². The van der Waals surface area contributed by atoms with Gasteiger partial charge in [-0.15, -0.1) is 0 Å². The predicted molar refractivity (Wildman–Crippen MR) is 97.7 cm³/mol. The topological polar surface area (TPSA) is 23.6 Å². The first-order valence-electron chi connectivity index (χ1n) is 9.01. The van der Waals surface area contributed by atoms with Gasteiger partial charge in [0.2, 0.25) is 5.91 Å². The van der Waals surface area contributed by atoms with Crippen LogP contribution in [0.4, 0.5) is 8.78 Å². The summed E-state index contributed by atoms with van der Waals surface area (Å²) in [6.07, 6.45) is 0.752. The number of piperazine rings is 1. The molecular weight excluding hydrogens is 334 g/mol. The first-order chi connectivity index (χ1) is 12.5. The van der Waals surface area contributed by atoms with Crippen molar-refractivity contribution in [2.45, 2.75) is 26.3 Å². The van der Waals surface area contributed by atoms with Crippen LogP contribution in [-0.2, 0) is 17.8 Å². The normalized spacial score (nSPS) is 15.3. The van der Waals surface area contributed by atoms with Crippen molar-refractivity contribution in [3.05, 3.63) is 70.8 Å². The smallest absolute Gasteiger partial charge is 0.222 e. The van der Waals surface area contributed by atoms with Gasteiger partial charge in [0.15, 0.2) is 11.6 Å². The highest BCUT2D eigenvalue weighted by atomic mass is 19.2. The lowest BCUT2D eigenvalue weighted by Crippen LogP contribution is -2.48. The maximum atomic E-state index is 13.2. The van der Waals surface area contributed by atoms with Crippen molar-refractivity contribution < 1.29 is 13.6 Å². The molecule has 138 valence electrons. The molecule has 3 rings (SSSR count). The number of rotatable bonds is 5. The van der Waals surface area contributed by atoms with E-state index in [1.54, 1.807) is 0 Å². The van der Waals surface area contributed by atoms with Gasteiger partial charge >= 0.3 is 0 Å². The standard InChI is InChI=1S/C21H24F2N2O/c1-16-4-2-3-5-18(16)15-24-10-12-25(13-11-24)21(26)9-7-17-6-8-19(22)20(23)14-17/h2-6,8,14H,7,9-13,15H2,1H3. The Morgan fingerprint density at radius 2 is 1.73 bits per heavy atom. The van der Waals surface area contributed by atoms with Gasteiger partial charge in [-0.2, -0.15) is 0 Å². The molecule has 0 saturated carbocycles. The number of benzene rings is 2. The van der Waals surface area contributed by atoms with E-state index < -0.39 is 11.6 Å². The van der Waals surface area contributed by atoms with E-state index in [0.29, 0.717) is 31.5 Å². The number of amides is 1. The van der Waals surface area contributed by atoms with Crippen LogP contribution in [0, 0.1) is 18.6 Å². The molecule has 1 saturated heterocycles. The fraction of sp³-hybridized carbons (Fsp3) is 0.381. The van der Waals surface area contributed by atoms with Gasteiger partial charge in [-0.1, -0.05) is 30.3 Å². The average molecular weight is 358 g/mol.